The first-order valence-electron chi connectivity index (χ1n) is 6.12. The van der Waals surface area contributed by atoms with Crippen molar-refractivity contribution in [2.24, 2.45) is 0 Å². The fraction of sp³-hybridized carbons (Fsp3) is 0.385. The minimum Gasteiger partial charge on any atom is -0.369 e. The number of hydrogen-bond donors (Lipinski definition) is 2. The number of hydrogen-bond acceptors (Lipinski definition) is 3. The van der Waals surface area contributed by atoms with Crippen LogP contribution in [0.4, 0.5) is 5.95 Å². The van der Waals surface area contributed by atoms with Crippen molar-refractivity contribution in [1.82, 2.24) is 14.9 Å². The van der Waals surface area contributed by atoms with Crippen LogP contribution in [-0.4, -0.2) is 21.5 Å². The Labute approximate surface area is 106 Å². The number of para-hydroxylation sites is 2. The lowest BCUT2D eigenvalue weighted by Crippen LogP contribution is -2.34. The van der Waals surface area contributed by atoms with Gasteiger partial charge in [-0.3, -0.25) is 4.79 Å². The normalized spacial score (nSPS) is 12.6. The summed E-state index contributed by atoms with van der Waals surface area (Å²) < 4.78 is 1.73. The van der Waals surface area contributed by atoms with E-state index in [2.05, 4.69) is 10.3 Å². The number of rotatable bonds is 4. The van der Waals surface area contributed by atoms with Crippen LogP contribution in [0.3, 0.4) is 0 Å². The third kappa shape index (κ3) is 2.45. The van der Waals surface area contributed by atoms with Crippen LogP contribution in [0.15, 0.2) is 24.3 Å². The number of benzene rings is 1. The number of nitrogens with one attached hydrogen (secondary N) is 1. The molecule has 1 amide bonds. The summed E-state index contributed by atoms with van der Waals surface area (Å²) >= 11 is 0. The molecule has 1 aromatic heterocycles. The van der Waals surface area contributed by atoms with Crippen LogP contribution in [-0.2, 0) is 11.3 Å². The summed E-state index contributed by atoms with van der Waals surface area (Å²) in [6.45, 7) is 4.22. The van der Waals surface area contributed by atoms with E-state index < -0.39 is 0 Å². The molecule has 0 saturated carbocycles. The summed E-state index contributed by atoms with van der Waals surface area (Å²) in [6, 6.07) is 7.78. The predicted molar refractivity (Wildman–Crippen MR) is 72.0 cm³/mol. The first kappa shape index (κ1) is 12.4. The number of aromatic nitrogens is 2. The van der Waals surface area contributed by atoms with Gasteiger partial charge in [0.05, 0.1) is 11.0 Å². The highest BCUT2D eigenvalue weighted by molar-refractivity contribution is 5.82. The number of fused-ring (bicyclic) bond motifs is 1. The SMILES string of the molecule is CCC(C)NC(=O)Cn1c(N)nc2ccccc21. The molecule has 0 fully saturated rings. The van der Waals surface area contributed by atoms with E-state index in [9.17, 15) is 4.79 Å². The van der Waals surface area contributed by atoms with Crippen LogP contribution in [0.1, 0.15) is 20.3 Å². The van der Waals surface area contributed by atoms with Gasteiger partial charge < -0.3 is 15.6 Å². The number of carbonyl (C=O) groups excluding carboxylic acids is 1. The van der Waals surface area contributed by atoms with Crippen LogP contribution >= 0.6 is 0 Å². The molecule has 2 aromatic rings. The summed E-state index contributed by atoms with van der Waals surface area (Å²) in [6.07, 6.45) is 0.909. The van der Waals surface area contributed by atoms with Crippen LogP contribution in [0.2, 0.25) is 0 Å². The van der Waals surface area contributed by atoms with Gasteiger partial charge in [-0.2, -0.15) is 0 Å². The second kappa shape index (κ2) is 5.08. The van der Waals surface area contributed by atoms with Gasteiger partial charge in [-0.05, 0) is 25.5 Å². The van der Waals surface area contributed by atoms with Gasteiger partial charge in [-0.1, -0.05) is 19.1 Å². The number of imidazole rings is 1. The number of nitrogen functional groups attached to an aromatic ring is 1. The summed E-state index contributed by atoms with van der Waals surface area (Å²) in [5.41, 5.74) is 7.53. The second-order valence-corrected chi connectivity index (χ2v) is 4.42. The highest BCUT2D eigenvalue weighted by Gasteiger charge is 2.12. The molecule has 0 aliphatic carbocycles. The standard InChI is InChI=1S/C13H18N4O/c1-3-9(2)15-12(18)8-17-11-7-5-4-6-10(11)16-13(17)14/h4-7,9H,3,8H2,1-2H3,(H2,14,16)(H,15,18). The van der Waals surface area contributed by atoms with Crippen molar-refractivity contribution in [3.63, 3.8) is 0 Å². The molecule has 3 N–H and O–H groups in total. The highest BCUT2D eigenvalue weighted by Crippen LogP contribution is 2.16. The fourth-order valence-electron chi connectivity index (χ4n) is 1.83. The lowest BCUT2D eigenvalue weighted by atomic mass is 10.2. The third-order valence-electron chi connectivity index (χ3n) is 3.01. The van der Waals surface area contributed by atoms with Gasteiger partial charge in [0.1, 0.15) is 6.54 Å². The van der Waals surface area contributed by atoms with E-state index >= 15 is 0 Å². The molecule has 0 aliphatic rings. The quantitative estimate of drug-likeness (QED) is 0.859. The lowest BCUT2D eigenvalue weighted by Gasteiger charge is -2.12. The molecule has 5 nitrogen and oxygen atoms in total. The van der Waals surface area contributed by atoms with Crippen molar-refractivity contribution in [2.75, 3.05) is 5.73 Å². The second-order valence-electron chi connectivity index (χ2n) is 4.42. The molecule has 96 valence electrons. The van der Waals surface area contributed by atoms with Crippen molar-refractivity contribution in [3.05, 3.63) is 24.3 Å². The maximum Gasteiger partial charge on any atom is 0.240 e. The summed E-state index contributed by atoms with van der Waals surface area (Å²) in [5, 5.41) is 2.92. The minimum absolute atomic E-state index is 0.0424. The van der Waals surface area contributed by atoms with Gasteiger partial charge in [0, 0.05) is 6.04 Å². The molecule has 1 heterocycles. The average Bonchev–Trinajstić information content (AvgIpc) is 2.66. The first-order chi connectivity index (χ1) is 8.61. The third-order valence-corrected chi connectivity index (χ3v) is 3.01. The minimum atomic E-state index is -0.0424. The van der Waals surface area contributed by atoms with Crippen molar-refractivity contribution in [1.29, 1.82) is 0 Å². The van der Waals surface area contributed by atoms with Crippen molar-refractivity contribution < 1.29 is 4.79 Å². The van der Waals surface area contributed by atoms with Gasteiger partial charge >= 0.3 is 0 Å². The molecule has 1 atom stereocenters. The van der Waals surface area contributed by atoms with Crippen molar-refractivity contribution in [2.45, 2.75) is 32.9 Å². The van der Waals surface area contributed by atoms with Gasteiger partial charge in [0.25, 0.3) is 0 Å². The van der Waals surface area contributed by atoms with E-state index in [1.807, 2.05) is 38.1 Å². The largest absolute Gasteiger partial charge is 0.369 e. The molecule has 0 spiro atoms. The fourth-order valence-corrected chi connectivity index (χ4v) is 1.83. The van der Waals surface area contributed by atoms with E-state index in [-0.39, 0.29) is 18.5 Å². The Hall–Kier alpha value is -2.04. The Balaban J connectivity index is 2.21. The molecule has 0 bridgehead atoms. The van der Waals surface area contributed by atoms with E-state index in [1.54, 1.807) is 4.57 Å². The Kier molecular flexibility index (Phi) is 3.50. The topological polar surface area (TPSA) is 72.9 Å². The predicted octanol–water partition coefficient (Wildman–Crippen LogP) is 1.53. The Morgan fingerprint density at radius 3 is 2.94 bits per heavy atom. The molecule has 0 saturated heterocycles. The van der Waals surface area contributed by atoms with Crippen LogP contribution in [0, 0.1) is 0 Å². The molecule has 2 rings (SSSR count). The highest BCUT2D eigenvalue weighted by atomic mass is 16.2. The molecule has 1 aromatic carbocycles. The number of amides is 1. The van der Waals surface area contributed by atoms with Crippen molar-refractivity contribution >= 4 is 22.9 Å². The smallest absolute Gasteiger partial charge is 0.240 e. The molecular weight excluding hydrogens is 228 g/mol. The van der Waals surface area contributed by atoms with E-state index in [0.29, 0.717) is 5.95 Å². The number of nitrogens with two attached hydrogens (primary N) is 1. The molecular formula is C13H18N4O. The zero-order valence-electron chi connectivity index (χ0n) is 10.7. The molecule has 0 aliphatic heterocycles. The summed E-state index contributed by atoms with van der Waals surface area (Å²) in [5.74, 6) is 0.328. The van der Waals surface area contributed by atoms with Gasteiger partial charge in [0.15, 0.2) is 0 Å². The molecule has 5 heteroatoms. The van der Waals surface area contributed by atoms with E-state index in [1.165, 1.54) is 0 Å². The monoisotopic (exact) mass is 246 g/mol. The van der Waals surface area contributed by atoms with Gasteiger partial charge in [0.2, 0.25) is 11.9 Å². The van der Waals surface area contributed by atoms with Gasteiger partial charge in [-0.25, -0.2) is 4.98 Å². The lowest BCUT2D eigenvalue weighted by molar-refractivity contribution is -0.122. The van der Waals surface area contributed by atoms with E-state index in [0.717, 1.165) is 17.5 Å². The van der Waals surface area contributed by atoms with E-state index in [4.69, 9.17) is 5.73 Å². The van der Waals surface area contributed by atoms with Crippen LogP contribution in [0.25, 0.3) is 11.0 Å². The Bertz CT molecular complexity index is 561. The van der Waals surface area contributed by atoms with Gasteiger partial charge in [-0.15, -0.1) is 0 Å². The van der Waals surface area contributed by atoms with Crippen LogP contribution < -0.4 is 11.1 Å². The maximum atomic E-state index is 11.9. The molecule has 1 unspecified atom stereocenters. The average molecular weight is 246 g/mol. The zero-order valence-corrected chi connectivity index (χ0v) is 10.7. The summed E-state index contributed by atoms with van der Waals surface area (Å²) in [4.78, 5) is 16.1. The summed E-state index contributed by atoms with van der Waals surface area (Å²) in [7, 11) is 0. The number of nitrogens with zero attached hydrogens (tertiary/aromatic N) is 2. The maximum absolute atomic E-state index is 11.9. The Morgan fingerprint density at radius 1 is 1.50 bits per heavy atom. The Morgan fingerprint density at radius 2 is 2.22 bits per heavy atom. The number of carbonyl (C=O) groups is 1. The molecule has 0 radical (unpaired) electrons. The van der Waals surface area contributed by atoms with Crippen molar-refractivity contribution in [3.8, 4) is 0 Å². The first-order valence-corrected chi connectivity index (χ1v) is 6.12. The zero-order chi connectivity index (χ0) is 13.1. The number of anilines is 1. The van der Waals surface area contributed by atoms with Crippen LogP contribution in [0.5, 0.6) is 0 Å². The molecule has 18 heavy (non-hydrogen) atoms.